The molecule has 0 spiro atoms. The first kappa shape index (κ1) is 15.5. The fraction of sp³-hybridized carbons (Fsp3) is 0.267. The number of aryl methyl sites for hydroxylation is 1. The van der Waals surface area contributed by atoms with Crippen molar-refractivity contribution >= 4 is 17.7 Å². The van der Waals surface area contributed by atoms with Crippen molar-refractivity contribution < 1.29 is 9.90 Å². The van der Waals surface area contributed by atoms with Gasteiger partial charge in [0, 0.05) is 17.6 Å². The molecule has 5 nitrogen and oxygen atoms in total. The third kappa shape index (κ3) is 3.40. The van der Waals surface area contributed by atoms with Crippen molar-refractivity contribution in [3.8, 4) is 0 Å². The van der Waals surface area contributed by atoms with Crippen LogP contribution in [-0.4, -0.2) is 33.8 Å². The van der Waals surface area contributed by atoms with Crippen LogP contribution < -0.4 is 5.32 Å². The third-order valence-corrected chi connectivity index (χ3v) is 4.28. The van der Waals surface area contributed by atoms with Gasteiger partial charge in [-0.1, -0.05) is 42.1 Å². The Labute approximate surface area is 127 Å². The normalized spacial score (nSPS) is 13.6. The molecular formula is C15H17N3O2S. The Balaban J connectivity index is 2.27. The molecule has 0 saturated heterocycles. The first-order valence-electron chi connectivity index (χ1n) is 6.49. The van der Waals surface area contributed by atoms with Crippen LogP contribution in [-0.2, 0) is 10.3 Å². The summed E-state index contributed by atoms with van der Waals surface area (Å²) in [6, 6.07) is 11.0. The van der Waals surface area contributed by atoms with Crippen LogP contribution in [0.4, 0.5) is 0 Å². The van der Waals surface area contributed by atoms with Gasteiger partial charge >= 0.3 is 5.97 Å². The third-order valence-electron chi connectivity index (χ3n) is 3.25. The van der Waals surface area contributed by atoms with E-state index in [1.165, 1.54) is 11.8 Å². The van der Waals surface area contributed by atoms with E-state index < -0.39 is 11.5 Å². The van der Waals surface area contributed by atoms with Gasteiger partial charge in [0.25, 0.3) is 0 Å². The molecule has 2 N–H and O–H groups in total. The van der Waals surface area contributed by atoms with Gasteiger partial charge in [-0.3, -0.25) is 0 Å². The molecule has 1 atom stereocenters. The van der Waals surface area contributed by atoms with Crippen molar-refractivity contribution in [1.29, 1.82) is 0 Å². The maximum Gasteiger partial charge on any atom is 0.329 e. The fourth-order valence-corrected chi connectivity index (χ4v) is 3.11. The number of thioether (sulfide) groups is 1. The minimum Gasteiger partial charge on any atom is -0.480 e. The van der Waals surface area contributed by atoms with Gasteiger partial charge in [0.15, 0.2) is 10.7 Å². The molecule has 110 valence electrons. The SMILES string of the molecule is CNC(CSc1nccc(C)n1)(C(=O)O)c1ccccc1. The van der Waals surface area contributed by atoms with E-state index in [4.69, 9.17) is 0 Å². The Morgan fingerprint density at radius 1 is 1.33 bits per heavy atom. The Morgan fingerprint density at radius 2 is 2.05 bits per heavy atom. The molecule has 0 bridgehead atoms. The Bertz CT molecular complexity index is 621. The number of hydrogen-bond donors (Lipinski definition) is 2. The number of rotatable bonds is 6. The first-order valence-corrected chi connectivity index (χ1v) is 7.47. The second-order valence-corrected chi connectivity index (χ2v) is 5.54. The molecule has 0 radical (unpaired) electrons. The zero-order valence-electron chi connectivity index (χ0n) is 11.9. The number of carboxylic acids is 1. The monoisotopic (exact) mass is 303 g/mol. The van der Waals surface area contributed by atoms with E-state index in [2.05, 4.69) is 15.3 Å². The Kier molecular flexibility index (Phi) is 4.93. The average molecular weight is 303 g/mol. The molecule has 1 unspecified atom stereocenters. The number of nitrogens with zero attached hydrogens (tertiary/aromatic N) is 2. The van der Waals surface area contributed by atoms with E-state index in [0.717, 1.165) is 5.69 Å². The lowest BCUT2D eigenvalue weighted by atomic mass is 9.92. The molecule has 1 aromatic heterocycles. The summed E-state index contributed by atoms with van der Waals surface area (Å²) in [5, 5.41) is 13.2. The van der Waals surface area contributed by atoms with E-state index >= 15 is 0 Å². The standard InChI is InChI=1S/C15H17N3O2S/c1-11-8-9-17-14(18-11)21-10-15(16-2,13(19)20)12-6-4-3-5-7-12/h3-9,16H,10H2,1-2H3,(H,19,20). The van der Waals surface area contributed by atoms with Crippen LogP contribution in [0.5, 0.6) is 0 Å². The number of benzene rings is 1. The van der Waals surface area contributed by atoms with Crippen LogP contribution in [0.1, 0.15) is 11.3 Å². The predicted octanol–water partition coefficient (Wildman–Crippen LogP) is 2.08. The highest BCUT2D eigenvalue weighted by Crippen LogP contribution is 2.28. The maximum atomic E-state index is 11.8. The van der Waals surface area contributed by atoms with Crippen LogP contribution in [0.15, 0.2) is 47.8 Å². The second kappa shape index (κ2) is 6.69. The van der Waals surface area contributed by atoms with Gasteiger partial charge in [0.1, 0.15) is 0 Å². The molecule has 2 aromatic rings. The molecule has 0 fully saturated rings. The van der Waals surface area contributed by atoms with E-state index in [0.29, 0.717) is 16.5 Å². The highest BCUT2D eigenvalue weighted by molar-refractivity contribution is 7.99. The van der Waals surface area contributed by atoms with Gasteiger partial charge < -0.3 is 10.4 Å². The fourth-order valence-electron chi connectivity index (χ4n) is 1.98. The Morgan fingerprint density at radius 3 is 2.62 bits per heavy atom. The van der Waals surface area contributed by atoms with Crippen molar-refractivity contribution in [3.05, 3.63) is 53.9 Å². The van der Waals surface area contributed by atoms with E-state index in [1.807, 2.05) is 43.3 Å². The van der Waals surface area contributed by atoms with E-state index in [9.17, 15) is 9.90 Å². The number of nitrogens with one attached hydrogen (secondary N) is 1. The quantitative estimate of drug-likeness (QED) is 0.628. The lowest BCUT2D eigenvalue weighted by molar-refractivity contribution is -0.144. The number of carbonyl (C=O) groups is 1. The summed E-state index contributed by atoms with van der Waals surface area (Å²) in [5.74, 6) is -0.622. The van der Waals surface area contributed by atoms with Gasteiger partial charge in [0.05, 0.1) is 0 Å². The van der Waals surface area contributed by atoms with Crippen LogP contribution in [0.3, 0.4) is 0 Å². The molecule has 2 rings (SSSR count). The summed E-state index contributed by atoms with van der Waals surface area (Å²) in [6.45, 7) is 1.88. The minimum atomic E-state index is -1.17. The lowest BCUT2D eigenvalue weighted by Gasteiger charge is -2.29. The molecule has 1 heterocycles. The molecule has 0 aliphatic rings. The van der Waals surface area contributed by atoms with Crippen LogP contribution in [0.2, 0.25) is 0 Å². The zero-order valence-corrected chi connectivity index (χ0v) is 12.7. The number of hydrogen-bond acceptors (Lipinski definition) is 5. The van der Waals surface area contributed by atoms with Crippen LogP contribution in [0, 0.1) is 6.92 Å². The van der Waals surface area contributed by atoms with Crippen LogP contribution >= 0.6 is 11.8 Å². The minimum absolute atomic E-state index is 0.298. The topological polar surface area (TPSA) is 75.1 Å². The van der Waals surface area contributed by atoms with Gasteiger partial charge in [-0.25, -0.2) is 14.8 Å². The summed E-state index contributed by atoms with van der Waals surface area (Å²) < 4.78 is 0. The van der Waals surface area contributed by atoms with Crippen molar-refractivity contribution in [1.82, 2.24) is 15.3 Å². The number of carboxylic acid groups (broad SMARTS) is 1. The van der Waals surface area contributed by atoms with Crippen molar-refractivity contribution in [2.45, 2.75) is 17.6 Å². The molecule has 6 heteroatoms. The maximum absolute atomic E-state index is 11.8. The summed E-state index contributed by atoms with van der Waals surface area (Å²) in [4.78, 5) is 20.3. The van der Waals surface area contributed by atoms with Gasteiger partial charge in [-0.2, -0.15) is 0 Å². The number of aromatic nitrogens is 2. The zero-order chi connectivity index (χ0) is 15.3. The van der Waals surface area contributed by atoms with E-state index in [1.54, 1.807) is 13.2 Å². The Hall–Kier alpha value is -1.92. The molecule has 0 aliphatic carbocycles. The summed E-state index contributed by atoms with van der Waals surface area (Å²) >= 11 is 1.32. The van der Waals surface area contributed by atoms with Crippen molar-refractivity contribution in [2.24, 2.45) is 0 Å². The van der Waals surface area contributed by atoms with Gasteiger partial charge in [0.2, 0.25) is 0 Å². The smallest absolute Gasteiger partial charge is 0.329 e. The first-order chi connectivity index (χ1) is 10.1. The van der Waals surface area contributed by atoms with Gasteiger partial charge in [-0.05, 0) is 25.6 Å². The number of aliphatic carboxylic acids is 1. The van der Waals surface area contributed by atoms with Crippen molar-refractivity contribution in [3.63, 3.8) is 0 Å². The van der Waals surface area contributed by atoms with E-state index in [-0.39, 0.29) is 0 Å². The van der Waals surface area contributed by atoms with Crippen LogP contribution in [0.25, 0.3) is 0 Å². The van der Waals surface area contributed by atoms with Gasteiger partial charge in [-0.15, -0.1) is 0 Å². The summed E-state index contributed by atoms with van der Waals surface area (Å²) in [5.41, 5.74) is 0.400. The molecule has 0 amide bonds. The molecule has 0 saturated carbocycles. The molecular weight excluding hydrogens is 286 g/mol. The largest absolute Gasteiger partial charge is 0.480 e. The number of likely N-dealkylation sites (N-methyl/N-ethyl adjacent to an activating group) is 1. The molecule has 0 aliphatic heterocycles. The molecule has 21 heavy (non-hydrogen) atoms. The summed E-state index contributed by atoms with van der Waals surface area (Å²) in [7, 11) is 1.65. The highest BCUT2D eigenvalue weighted by atomic mass is 32.2. The predicted molar refractivity (Wildman–Crippen MR) is 82.3 cm³/mol. The lowest BCUT2D eigenvalue weighted by Crippen LogP contribution is -2.49. The summed E-state index contributed by atoms with van der Waals surface area (Å²) in [6.07, 6.45) is 1.68. The highest BCUT2D eigenvalue weighted by Gasteiger charge is 2.39. The average Bonchev–Trinajstić information content (AvgIpc) is 2.49. The second-order valence-electron chi connectivity index (χ2n) is 4.60. The van der Waals surface area contributed by atoms with Crippen molar-refractivity contribution in [2.75, 3.05) is 12.8 Å². The molecule has 1 aromatic carbocycles.